The Hall–Kier alpha value is -3.20. The molecule has 9 heteroatoms. The highest BCUT2D eigenvalue weighted by atomic mass is 16.5. The topological polar surface area (TPSA) is 99.3 Å². The number of hydrogen-bond donors (Lipinski definition) is 2. The molecule has 1 amide bonds. The van der Waals surface area contributed by atoms with Gasteiger partial charge in [0.1, 0.15) is 23.6 Å². The molecule has 32 heavy (non-hydrogen) atoms. The monoisotopic (exact) mass is 437 g/mol. The molecular weight excluding hydrogens is 406 g/mol. The number of nitrogens with zero attached hydrogens (tertiary/aromatic N) is 5. The first-order valence-electron chi connectivity index (χ1n) is 11.1. The van der Waals surface area contributed by atoms with Gasteiger partial charge in [0.2, 0.25) is 5.91 Å². The van der Waals surface area contributed by atoms with Crippen LogP contribution in [-0.2, 0) is 4.79 Å². The van der Waals surface area contributed by atoms with Gasteiger partial charge in [-0.15, -0.1) is 0 Å². The second kappa shape index (κ2) is 9.52. The Kier molecular flexibility index (Phi) is 6.55. The summed E-state index contributed by atoms with van der Waals surface area (Å²) in [6.07, 6.45) is 1.69. The minimum absolute atomic E-state index is 0.0731. The summed E-state index contributed by atoms with van der Waals surface area (Å²) < 4.78 is 5.84. The van der Waals surface area contributed by atoms with Crippen molar-refractivity contribution in [2.45, 2.75) is 39.8 Å². The normalized spacial score (nSPS) is 15.0. The van der Waals surface area contributed by atoms with Crippen LogP contribution in [0.1, 0.15) is 27.7 Å². The van der Waals surface area contributed by atoms with Crippen LogP contribution in [0.5, 0.6) is 5.75 Å². The van der Waals surface area contributed by atoms with E-state index in [-0.39, 0.29) is 18.1 Å². The van der Waals surface area contributed by atoms with E-state index in [0.29, 0.717) is 6.54 Å². The Morgan fingerprint density at radius 3 is 2.62 bits per heavy atom. The van der Waals surface area contributed by atoms with Crippen LogP contribution in [0.3, 0.4) is 0 Å². The van der Waals surface area contributed by atoms with Crippen LogP contribution in [0, 0.1) is 0 Å². The molecule has 1 saturated heterocycles. The highest BCUT2D eigenvalue weighted by Gasteiger charge is 2.21. The highest BCUT2D eigenvalue weighted by molar-refractivity contribution is 5.93. The van der Waals surface area contributed by atoms with Crippen molar-refractivity contribution in [3.8, 4) is 17.1 Å². The van der Waals surface area contributed by atoms with Gasteiger partial charge in [0, 0.05) is 43.7 Å². The maximum atomic E-state index is 12.0. The van der Waals surface area contributed by atoms with Gasteiger partial charge in [0.25, 0.3) is 0 Å². The number of piperazine rings is 1. The van der Waals surface area contributed by atoms with Crippen LogP contribution >= 0.6 is 0 Å². The molecule has 3 heterocycles. The van der Waals surface area contributed by atoms with Crippen molar-refractivity contribution in [1.82, 2.24) is 30.4 Å². The number of rotatable bonds is 7. The summed E-state index contributed by atoms with van der Waals surface area (Å²) in [5.74, 6) is 1.75. The number of fused-ring (bicyclic) bond motifs is 1. The molecule has 4 rings (SSSR count). The van der Waals surface area contributed by atoms with Gasteiger partial charge in [-0.05, 0) is 45.9 Å². The molecule has 0 saturated carbocycles. The molecular formula is C23H31N7O2. The van der Waals surface area contributed by atoms with Gasteiger partial charge >= 0.3 is 0 Å². The number of carbonyl (C=O) groups is 1. The van der Waals surface area contributed by atoms with Gasteiger partial charge < -0.3 is 15.0 Å². The zero-order chi connectivity index (χ0) is 22.7. The summed E-state index contributed by atoms with van der Waals surface area (Å²) >= 11 is 0. The van der Waals surface area contributed by atoms with Crippen LogP contribution in [0.15, 0.2) is 30.6 Å². The van der Waals surface area contributed by atoms with Gasteiger partial charge in [-0.25, -0.2) is 9.97 Å². The lowest BCUT2D eigenvalue weighted by Gasteiger charge is -2.35. The Balaban J connectivity index is 1.47. The van der Waals surface area contributed by atoms with Crippen molar-refractivity contribution in [3.05, 3.63) is 30.6 Å². The minimum Gasteiger partial charge on any atom is -0.491 e. The summed E-state index contributed by atoms with van der Waals surface area (Å²) in [5.41, 5.74) is 2.48. The first-order chi connectivity index (χ1) is 15.4. The molecule has 1 aliphatic rings. The number of H-pyrrole nitrogens is 1. The molecule has 0 bridgehead atoms. The van der Waals surface area contributed by atoms with Crippen LogP contribution in [0.25, 0.3) is 22.3 Å². The molecule has 9 nitrogen and oxygen atoms in total. The second-order valence-corrected chi connectivity index (χ2v) is 8.69. The fourth-order valence-corrected chi connectivity index (χ4v) is 3.89. The summed E-state index contributed by atoms with van der Waals surface area (Å²) in [5, 5.41) is 11.5. The zero-order valence-corrected chi connectivity index (χ0v) is 19.1. The van der Waals surface area contributed by atoms with Crippen molar-refractivity contribution >= 4 is 22.6 Å². The third kappa shape index (κ3) is 5.16. The van der Waals surface area contributed by atoms with Gasteiger partial charge in [-0.3, -0.25) is 14.8 Å². The number of anilines is 1. The fourth-order valence-electron chi connectivity index (χ4n) is 3.89. The zero-order valence-electron chi connectivity index (χ0n) is 19.1. The van der Waals surface area contributed by atoms with Gasteiger partial charge in [-0.2, -0.15) is 5.10 Å². The van der Waals surface area contributed by atoms with Crippen molar-refractivity contribution < 1.29 is 9.53 Å². The molecule has 170 valence electrons. The Morgan fingerprint density at radius 2 is 1.91 bits per heavy atom. The number of nitrogens with one attached hydrogen (secondary N) is 2. The molecule has 0 spiro atoms. The first kappa shape index (κ1) is 22.0. The number of amides is 1. The molecule has 2 N–H and O–H groups in total. The lowest BCUT2D eigenvalue weighted by Crippen LogP contribution is -2.50. The molecule has 0 radical (unpaired) electrons. The van der Waals surface area contributed by atoms with E-state index in [2.05, 4.69) is 35.3 Å². The number of benzene rings is 1. The Bertz CT molecular complexity index is 1070. The van der Waals surface area contributed by atoms with E-state index in [9.17, 15) is 4.79 Å². The molecule has 1 aromatic carbocycles. The van der Waals surface area contributed by atoms with E-state index in [1.165, 1.54) is 0 Å². The number of aromatic amines is 1. The summed E-state index contributed by atoms with van der Waals surface area (Å²) in [6.45, 7) is 11.6. The molecule has 2 aromatic heterocycles. The molecule has 3 aromatic rings. The molecule has 0 atom stereocenters. The second-order valence-electron chi connectivity index (χ2n) is 8.69. The predicted molar refractivity (Wildman–Crippen MR) is 125 cm³/mol. The third-order valence-electron chi connectivity index (χ3n) is 5.31. The van der Waals surface area contributed by atoms with Crippen LogP contribution in [-0.4, -0.2) is 75.8 Å². The maximum Gasteiger partial charge on any atom is 0.234 e. The molecule has 0 aliphatic carbocycles. The number of aromatic nitrogens is 4. The summed E-state index contributed by atoms with van der Waals surface area (Å²) in [6, 6.07) is 8.05. The smallest absolute Gasteiger partial charge is 0.234 e. The standard InChI is InChI=1S/C23H31N7O2/c1-15(2)26-22(31)13-29-7-9-30(10-8-29)21-12-20(24-14-25-21)23-18-11-17(32-16(3)4)5-6-19(18)27-28-23/h5-6,11-12,14-16H,7-10,13H2,1-4H3,(H,26,31)(H,27,28). The van der Waals surface area contributed by atoms with E-state index >= 15 is 0 Å². The highest BCUT2D eigenvalue weighted by Crippen LogP contribution is 2.30. The molecule has 1 aliphatic heterocycles. The van der Waals surface area contributed by atoms with Gasteiger partial charge in [0.05, 0.1) is 23.9 Å². The summed E-state index contributed by atoms with van der Waals surface area (Å²) in [7, 11) is 0. The molecule has 1 fully saturated rings. The first-order valence-corrected chi connectivity index (χ1v) is 11.1. The van der Waals surface area contributed by atoms with E-state index in [0.717, 1.165) is 60.0 Å². The number of carbonyl (C=O) groups excluding carboxylic acids is 1. The van der Waals surface area contributed by atoms with E-state index in [4.69, 9.17) is 4.74 Å². The predicted octanol–water partition coefficient (Wildman–Crippen LogP) is 2.45. The average molecular weight is 438 g/mol. The SMILES string of the molecule is CC(C)NC(=O)CN1CCN(c2cc(-c3n[nH]c4ccc(OC(C)C)cc34)ncn2)CC1. The summed E-state index contributed by atoms with van der Waals surface area (Å²) in [4.78, 5) is 25.4. The Labute approximate surface area is 188 Å². The van der Waals surface area contributed by atoms with Crippen molar-refractivity contribution in [1.29, 1.82) is 0 Å². The van der Waals surface area contributed by atoms with E-state index < -0.39 is 0 Å². The van der Waals surface area contributed by atoms with E-state index in [1.54, 1.807) is 6.33 Å². The van der Waals surface area contributed by atoms with E-state index in [1.807, 2.05) is 52.0 Å². The van der Waals surface area contributed by atoms with Gasteiger partial charge in [-0.1, -0.05) is 0 Å². The quantitative estimate of drug-likeness (QED) is 0.586. The van der Waals surface area contributed by atoms with Gasteiger partial charge in [0.15, 0.2) is 0 Å². The van der Waals surface area contributed by atoms with Crippen molar-refractivity contribution in [2.75, 3.05) is 37.6 Å². The number of ether oxygens (including phenoxy) is 1. The Morgan fingerprint density at radius 1 is 1.12 bits per heavy atom. The lowest BCUT2D eigenvalue weighted by molar-refractivity contribution is -0.122. The lowest BCUT2D eigenvalue weighted by atomic mass is 10.1. The maximum absolute atomic E-state index is 12.0. The van der Waals surface area contributed by atoms with Crippen molar-refractivity contribution in [2.24, 2.45) is 0 Å². The largest absolute Gasteiger partial charge is 0.491 e. The third-order valence-corrected chi connectivity index (χ3v) is 5.31. The average Bonchev–Trinajstić information content (AvgIpc) is 3.16. The van der Waals surface area contributed by atoms with Crippen molar-refractivity contribution in [3.63, 3.8) is 0 Å². The van der Waals surface area contributed by atoms with Crippen LogP contribution in [0.4, 0.5) is 5.82 Å². The number of hydrogen-bond acceptors (Lipinski definition) is 7. The fraction of sp³-hybridized carbons (Fsp3) is 0.478. The van der Waals surface area contributed by atoms with Crippen LogP contribution in [0.2, 0.25) is 0 Å². The minimum atomic E-state index is 0.0731. The molecule has 0 unspecified atom stereocenters. The van der Waals surface area contributed by atoms with Crippen LogP contribution < -0.4 is 15.0 Å².